The predicted molar refractivity (Wildman–Crippen MR) is 64.4 cm³/mol. The van der Waals surface area contributed by atoms with Crippen molar-refractivity contribution >= 4 is 27.7 Å². The van der Waals surface area contributed by atoms with Crippen LogP contribution in [0.15, 0.2) is 0 Å². The summed E-state index contributed by atoms with van der Waals surface area (Å²) in [6.07, 6.45) is 1.29. The summed E-state index contributed by atoms with van der Waals surface area (Å²) in [5, 5.41) is 1.10. The van der Waals surface area contributed by atoms with E-state index < -0.39 is 0 Å². The fourth-order valence-corrected chi connectivity index (χ4v) is 2.25. The Bertz CT molecular complexity index is 124. The van der Waals surface area contributed by atoms with Crippen molar-refractivity contribution < 1.29 is 0 Å². The molecule has 12 heavy (non-hydrogen) atoms. The second-order valence-corrected chi connectivity index (χ2v) is 7.49. The highest BCUT2D eigenvalue weighted by molar-refractivity contribution is 9.09. The van der Waals surface area contributed by atoms with Crippen LogP contribution in [0.25, 0.3) is 0 Å². The first-order valence-corrected chi connectivity index (χ1v) is 6.57. The van der Waals surface area contributed by atoms with Crippen molar-refractivity contribution in [3.8, 4) is 0 Å². The molecule has 74 valence electrons. The molecule has 0 atom stereocenters. The number of thioether (sulfide) groups is 1. The number of halogens is 1. The third-order valence-corrected chi connectivity index (χ3v) is 4.47. The summed E-state index contributed by atoms with van der Waals surface area (Å²) < 4.78 is 0.419. The molecule has 0 aromatic heterocycles. The van der Waals surface area contributed by atoms with E-state index in [9.17, 15) is 0 Å². The van der Waals surface area contributed by atoms with Crippen molar-refractivity contribution in [2.24, 2.45) is 5.41 Å². The summed E-state index contributed by atoms with van der Waals surface area (Å²) in [6.45, 7) is 11.5. The van der Waals surface area contributed by atoms with Gasteiger partial charge in [-0.3, -0.25) is 0 Å². The van der Waals surface area contributed by atoms with E-state index in [4.69, 9.17) is 0 Å². The number of hydrogen-bond acceptors (Lipinski definition) is 1. The van der Waals surface area contributed by atoms with E-state index >= 15 is 0 Å². The van der Waals surface area contributed by atoms with E-state index in [0.717, 1.165) is 5.33 Å². The smallest absolute Gasteiger partial charge is 0.00829 e. The SMILES string of the molecule is CC(C)(CBr)CCSC(C)(C)C. The Morgan fingerprint density at radius 3 is 1.92 bits per heavy atom. The van der Waals surface area contributed by atoms with Gasteiger partial charge in [0.1, 0.15) is 0 Å². The van der Waals surface area contributed by atoms with Crippen LogP contribution < -0.4 is 0 Å². The molecule has 0 aliphatic heterocycles. The van der Waals surface area contributed by atoms with Gasteiger partial charge in [-0.15, -0.1) is 0 Å². The molecule has 0 radical (unpaired) electrons. The molecule has 0 bridgehead atoms. The lowest BCUT2D eigenvalue weighted by Crippen LogP contribution is -2.16. The minimum Gasteiger partial charge on any atom is -0.156 e. The summed E-state index contributed by atoms with van der Waals surface area (Å²) in [7, 11) is 0. The molecule has 0 aromatic carbocycles. The average Bonchev–Trinajstić information content (AvgIpc) is 1.84. The van der Waals surface area contributed by atoms with Gasteiger partial charge in [-0.2, -0.15) is 11.8 Å². The van der Waals surface area contributed by atoms with Gasteiger partial charge in [-0.05, 0) is 17.6 Å². The van der Waals surface area contributed by atoms with Gasteiger partial charge in [0.15, 0.2) is 0 Å². The van der Waals surface area contributed by atoms with E-state index in [-0.39, 0.29) is 0 Å². The highest BCUT2D eigenvalue weighted by Gasteiger charge is 2.17. The van der Waals surface area contributed by atoms with Crippen LogP contribution in [0, 0.1) is 5.41 Å². The summed E-state index contributed by atoms with van der Waals surface area (Å²) in [6, 6.07) is 0. The fourth-order valence-electron chi connectivity index (χ4n) is 0.700. The van der Waals surface area contributed by atoms with Gasteiger partial charge in [0.25, 0.3) is 0 Å². The Hall–Kier alpha value is 0.830. The molecule has 0 N–H and O–H groups in total. The Morgan fingerprint density at radius 1 is 1.08 bits per heavy atom. The van der Waals surface area contributed by atoms with Crippen LogP contribution in [0.4, 0.5) is 0 Å². The first-order valence-electron chi connectivity index (χ1n) is 4.47. The molecule has 0 amide bonds. The van der Waals surface area contributed by atoms with Crippen LogP contribution in [-0.2, 0) is 0 Å². The molecule has 0 saturated heterocycles. The third-order valence-electron chi connectivity index (χ3n) is 1.68. The van der Waals surface area contributed by atoms with Crippen molar-refractivity contribution in [3.63, 3.8) is 0 Å². The molecule has 0 aromatic rings. The Kier molecular flexibility index (Phi) is 5.24. The van der Waals surface area contributed by atoms with Gasteiger partial charge < -0.3 is 0 Å². The number of alkyl halides is 1. The second kappa shape index (κ2) is 4.90. The van der Waals surface area contributed by atoms with Gasteiger partial charge in [-0.1, -0.05) is 50.5 Å². The monoisotopic (exact) mass is 252 g/mol. The predicted octanol–water partition coefficient (Wildman–Crippen LogP) is 4.33. The molecule has 0 rings (SSSR count). The summed E-state index contributed by atoms with van der Waals surface area (Å²) in [5.41, 5.74) is 0.457. The van der Waals surface area contributed by atoms with Crippen molar-refractivity contribution in [3.05, 3.63) is 0 Å². The zero-order valence-electron chi connectivity index (χ0n) is 8.91. The maximum atomic E-state index is 3.54. The van der Waals surface area contributed by atoms with E-state index in [1.54, 1.807) is 0 Å². The molecule has 0 aliphatic carbocycles. The Morgan fingerprint density at radius 2 is 1.58 bits per heavy atom. The molecule has 0 spiro atoms. The lowest BCUT2D eigenvalue weighted by atomic mass is 9.93. The van der Waals surface area contributed by atoms with Crippen molar-refractivity contribution in [2.75, 3.05) is 11.1 Å². The quantitative estimate of drug-likeness (QED) is 0.672. The van der Waals surface area contributed by atoms with E-state index in [2.05, 4.69) is 62.3 Å². The highest BCUT2D eigenvalue weighted by atomic mass is 79.9. The molecule has 0 aliphatic rings. The van der Waals surface area contributed by atoms with Gasteiger partial charge in [0.05, 0.1) is 0 Å². The lowest BCUT2D eigenvalue weighted by Gasteiger charge is -2.24. The normalized spacial score (nSPS) is 13.5. The standard InChI is InChI=1S/C10H21BrS/c1-9(2,3)12-7-6-10(4,5)8-11/h6-8H2,1-5H3. The zero-order valence-corrected chi connectivity index (χ0v) is 11.3. The number of hydrogen-bond donors (Lipinski definition) is 0. The zero-order chi connectivity index (χ0) is 9.83. The summed E-state index contributed by atoms with van der Waals surface area (Å²) >= 11 is 5.60. The third kappa shape index (κ3) is 7.48. The topological polar surface area (TPSA) is 0 Å². The maximum absolute atomic E-state index is 3.54. The van der Waals surface area contributed by atoms with E-state index in [1.165, 1.54) is 12.2 Å². The van der Waals surface area contributed by atoms with Crippen molar-refractivity contribution in [2.45, 2.75) is 45.8 Å². The van der Waals surface area contributed by atoms with Crippen LogP contribution in [0.5, 0.6) is 0 Å². The molecule has 0 fully saturated rings. The summed E-state index contributed by atoms with van der Waals surface area (Å²) in [5.74, 6) is 1.27. The second-order valence-electron chi connectivity index (χ2n) is 5.01. The van der Waals surface area contributed by atoms with Gasteiger partial charge in [-0.25, -0.2) is 0 Å². The van der Waals surface area contributed by atoms with E-state index in [0.29, 0.717) is 10.2 Å². The molecule has 0 heterocycles. The molecule has 0 saturated carbocycles. The number of rotatable bonds is 4. The van der Waals surface area contributed by atoms with Gasteiger partial charge in [0, 0.05) is 10.1 Å². The molecular formula is C10H21BrS. The van der Waals surface area contributed by atoms with Crippen molar-refractivity contribution in [1.82, 2.24) is 0 Å². The maximum Gasteiger partial charge on any atom is 0.00829 e. The van der Waals surface area contributed by atoms with Crippen LogP contribution in [0.3, 0.4) is 0 Å². The van der Waals surface area contributed by atoms with Crippen LogP contribution in [-0.4, -0.2) is 15.8 Å². The Balaban J connectivity index is 3.57. The van der Waals surface area contributed by atoms with Gasteiger partial charge >= 0.3 is 0 Å². The van der Waals surface area contributed by atoms with E-state index in [1.807, 2.05) is 0 Å². The lowest BCUT2D eigenvalue weighted by molar-refractivity contribution is 0.414. The van der Waals surface area contributed by atoms with Gasteiger partial charge in [0.2, 0.25) is 0 Å². The summed E-state index contributed by atoms with van der Waals surface area (Å²) in [4.78, 5) is 0. The molecule has 2 heteroatoms. The molecule has 0 nitrogen and oxygen atoms in total. The minimum atomic E-state index is 0.419. The van der Waals surface area contributed by atoms with Crippen molar-refractivity contribution in [1.29, 1.82) is 0 Å². The largest absolute Gasteiger partial charge is 0.156 e. The Labute approximate surface area is 90.0 Å². The highest BCUT2D eigenvalue weighted by Crippen LogP contribution is 2.30. The molecule has 0 unspecified atom stereocenters. The fraction of sp³-hybridized carbons (Fsp3) is 1.00. The minimum absolute atomic E-state index is 0.419. The first-order chi connectivity index (χ1) is 5.27. The van der Waals surface area contributed by atoms with Crippen LogP contribution in [0.2, 0.25) is 0 Å². The molecular weight excluding hydrogens is 232 g/mol. The van der Waals surface area contributed by atoms with Crippen LogP contribution in [0.1, 0.15) is 41.0 Å². The average molecular weight is 253 g/mol. The first kappa shape index (κ1) is 12.8. The van der Waals surface area contributed by atoms with Crippen LogP contribution >= 0.6 is 27.7 Å².